The largest absolute Gasteiger partial charge is 0.306 e. The lowest BCUT2D eigenvalue weighted by Crippen LogP contribution is -2.19. The molecular formula is C22H16ClN7O2. The number of hydrogen-bond donors (Lipinski definition) is 2. The Bertz CT molecular complexity index is 1500. The molecule has 3 heterocycles. The summed E-state index contributed by atoms with van der Waals surface area (Å²) in [5.41, 5.74) is 1.80. The van der Waals surface area contributed by atoms with Crippen LogP contribution >= 0.6 is 11.6 Å². The highest BCUT2D eigenvalue weighted by Crippen LogP contribution is 2.19. The predicted octanol–water partition coefficient (Wildman–Crippen LogP) is 3.51. The third kappa shape index (κ3) is 3.54. The number of H-pyrrole nitrogens is 1. The van der Waals surface area contributed by atoms with Crippen molar-refractivity contribution in [1.82, 2.24) is 29.5 Å². The molecular weight excluding hydrogens is 430 g/mol. The van der Waals surface area contributed by atoms with Crippen LogP contribution in [0.3, 0.4) is 0 Å². The Morgan fingerprint density at radius 1 is 1.06 bits per heavy atom. The second kappa shape index (κ2) is 7.78. The van der Waals surface area contributed by atoms with Crippen molar-refractivity contribution in [3.8, 4) is 11.6 Å². The summed E-state index contributed by atoms with van der Waals surface area (Å²) >= 11 is 5.98. The van der Waals surface area contributed by atoms with E-state index in [1.165, 1.54) is 10.9 Å². The van der Waals surface area contributed by atoms with Gasteiger partial charge in [0.15, 0.2) is 5.65 Å². The van der Waals surface area contributed by atoms with Crippen LogP contribution in [0.5, 0.6) is 0 Å². The van der Waals surface area contributed by atoms with Gasteiger partial charge in [0.25, 0.3) is 11.5 Å². The quantitative estimate of drug-likeness (QED) is 0.440. The maximum atomic E-state index is 12.7. The summed E-state index contributed by atoms with van der Waals surface area (Å²) in [5, 5.41) is 12.4. The number of halogens is 1. The number of nitrogens with one attached hydrogen (secondary N) is 2. The van der Waals surface area contributed by atoms with E-state index in [0.29, 0.717) is 38.8 Å². The van der Waals surface area contributed by atoms with Crippen LogP contribution in [0.2, 0.25) is 5.02 Å². The number of carbonyl (C=O) groups is 1. The summed E-state index contributed by atoms with van der Waals surface area (Å²) in [6, 6.07) is 17.5. The van der Waals surface area contributed by atoms with Gasteiger partial charge < -0.3 is 5.32 Å². The number of aromatic nitrogens is 6. The number of nitrogens with zero attached hydrogens (tertiary/aromatic N) is 5. The lowest BCUT2D eigenvalue weighted by molar-refractivity contribution is 0.102. The number of aryl methyl sites for hydroxylation is 1. The average Bonchev–Trinajstić information content (AvgIpc) is 3.38. The molecule has 0 radical (unpaired) electrons. The summed E-state index contributed by atoms with van der Waals surface area (Å²) in [6.45, 7) is 1.78. The van der Waals surface area contributed by atoms with E-state index in [0.717, 1.165) is 0 Å². The molecule has 0 spiro atoms. The first-order valence-corrected chi connectivity index (χ1v) is 10.0. The Balaban J connectivity index is 1.60. The first-order valence-electron chi connectivity index (χ1n) is 9.67. The Kier molecular flexibility index (Phi) is 4.79. The van der Waals surface area contributed by atoms with Crippen LogP contribution in [0.15, 0.2) is 71.7 Å². The molecule has 5 rings (SSSR count). The molecule has 9 nitrogen and oxygen atoms in total. The summed E-state index contributed by atoms with van der Waals surface area (Å²) in [6.07, 6.45) is 1.45. The van der Waals surface area contributed by atoms with Crippen molar-refractivity contribution in [2.24, 2.45) is 0 Å². The van der Waals surface area contributed by atoms with Crippen molar-refractivity contribution < 1.29 is 4.79 Å². The zero-order valence-electron chi connectivity index (χ0n) is 16.8. The molecule has 0 aliphatic rings. The minimum Gasteiger partial charge on any atom is -0.306 e. The van der Waals surface area contributed by atoms with Crippen LogP contribution in [0.25, 0.3) is 22.7 Å². The van der Waals surface area contributed by atoms with Crippen molar-refractivity contribution in [3.63, 3.8) is 0 Å². The molecule has 0 aliphatic carbocycles. The van der Waals surface area contributed by atoms with Crippen molar-refractivity contribution >= 4 is 34.4 Å². The molecule has 0 unspecified atom stereocenters. The van der Waals surface area contributed by atoms with Gasteiger partial charge in [-0.3, -0.25) is 14.6 Å². The molecule has 0 saturated heterocycles. The monoisotopic (exact) mass is 445 g/mol. The second-order valence-electron chi connectivity index (χ2n) is 7.06. The van der Waals surface area contributed by atoms with Crippen molar-refractivity contribution in [2.75, 3.05) is 5.32 Å². The van der Waals surface area contributed by atoms with E-state index < -0.39 is 0 Å². The van der Waals surface area contributed by atoms with Crippen molar-refractivity contribution in [2.45, 2.75) is 6.92 Å². The molecule has 0 atom stereocenters. The minimum atomic E-state index is -0.376. The van der Waals surface area contributed by atoms with Crippen LogP contribution in [0.1, 0.15) is 16.1 Å². The highest BCUT2D eigenvalue weighted by atomic mass is 35.5. The molecule has 32 heavy (non-hydrogen) atoms. The Labute approximate surface area is 186 Å². The van der Waals surface area contributed by atoms with E-state index in [-0.39, 0.29) is 17.4 Å². The fourth-order valence-corrected chi connectivity index (χ4v) is 3.43. The smallest absolute Gasteiger partial charge is 0.263 e. The molecule has 5 aromatic rings. The summed E-state index contributed by atoms with van der Waals surface area (Å²) in [4.78, 5) is 32.7. The zero-order chi connectivity index (χ0) is 22.2. The lowest BCUT2D eigenvalue weighted by Gasteiger charge is -2.09. The van der Waals surface area contributed by atoms with Gasteiger partial charge in [0.1, 0.15) is 11.2 Å². The summed E-state index contributed by atoms with van der Waals surface area (Å²) < 4.78 is 2.93. The van der Waals surface area contributed by atoms with Gasteiger partial charge in [0.2, 0.25) is 5.95 Å². The molecule has 2 aromatic carbocycles. The number of fused-ring (bicyclic) bond motifs is 1. The number of aromatic amines is 1. The van der Waals surface area contributed by atoms with E-state index >= 15 is 0 Å². The maximum absolute atomic E-state index is 12.7. The molecule has 10 heteroatoms. The van der Waals surface area contributed by atoms with Crippen LogP contribution in [0, 0.1) is 6.92 Å². The molecule has 0 saturated carbocycles. The van der Waals surface area contributed by atoms with Gasteiger partial charge in [0, 0.05) is 16.7 Å². The van der Waals surface area contributed by atoms with Crippen molar-refractivity contribution in [1.29, 1.82) is 0 Å². The molecule has 158 valence electrons. The van der Waals surface area contributed by atoms with Gasteiger partial charge in [-0.1, -0.05) is 29.8 Å². The third-order valence-electron chi connectivity index (χ3n) is 4.81. The maximum Gasteiger partial charge on any atom is 0.263 e. The number of amides is 1. The molecule has 3 aromatic heterocycles. The fraction of sp³-hybridized carbons (Fsp3) is 0.0455. The first-order chi connectivity index (χ1) is 15.5. The highest BCUT2D eigenvalue weighted by molar-refractivity contribution is 6.30. The van der Waals surface area contributed by atoms with Crippen molar-refractivity contribution in [3.05, 3.63) is 93.5 Å². The Hall–Kier alpha value is -4.24. The number of benzene rings is 2. The number of hydrogen-bond acceptors (Lipinski definition) is 5. The number of carbonyl (C=O) groups excluding carboxylic acids is 1. The molecule has 0 bridgehead atoms. The van der Waals surface area contributed by atoms with Gasteiger partial charge in [0.05, 0.1) is 17.6 Å². The highest BCUT2D eigenvalue weighted by Gasteiger charge is 2.17. The zero-order valence-corrected chi connectivity index (χ0v) is 17.5. The molecule has 2 N–H and O–H groups in total. The molecule has 0 aliphatic heterocycles. The van der Waals surface area contributed by atoms with E-state index in [9.17, 15) is 9.59 Å². The van der Waals surface area contributed by atoms with Crippen LogP contribution < -0.4 is 10.9 Å². The van der Waals surface area contributed by atoms with E-state index in [4.69, 9.17) is 11.6 Å². The second-order valence-corrected chi connectivity index (χ2v) is 7.50. The van der Waals surface area contributed by atoms with Gasteiger partial charge in [-0.05, 0) is 43.3 Å². The normalized spacial score (nSPS) is 11.1. The summed E-state index contributed by atoms with van der Waals surface area (Å²) in [7, 11) is 0. The topological polar surface area (TPSA) is 110 Å². The number of anilines is 1. The minimum absolute atomic E-state index is 0.148. The molecule has 0 fully saturated rings. The van der Waals surface area contributed by atoms with Crippen LogP contribution in [-0.2, 0) is 0 Å². The first kappa shape index (κ1) is 19.7. The Morgan fingerprint density at radius 3 is 2.56 bits per heavy atom. The van der Waals surface area contributed by atoms with E-state index in [1.807, 2.05) is 6.07 Å². The standard InChI is InChI=1S/C22H16ClN7O2/c1-13-11-18(25-20(31)14-5-3-2-4-6-14)30(28-13)22-26-19-17(21(32)27-22)12-24-29(19)16-9-7-15(23)8-10-16/h2-12H,1H3,(H,25,31)(H,26,27,32). The van der Waals surface area contributed by atoms with E-state index in [2.05, 4.69) is 25.5 Å². The predicted molar refractivity (Wildman–Crippen MR) is 121 cm³/mol. The fourth-order valence-electron chi connectivity index (χ4n) is 3.31. The van der Waals surface area contributed by atoms with Gasteiger partial charge in [-0.25, -0.2) is 4.68 Å². The van der Waals surface area contributed by atoms with Crippen LogP contribution in [0.4, 0.5) is 5.82 Å². The van der Waals surface area contributed by atoms with Gasteiger partial charge in [-0.2, -0.15) is 19.9 Å². The average molecular weight is 446 g/mol. The third-order valence-corrected chi connectivity index (χ3v) is 5.06. The van der Waals surface area contributed by atoms with E-state index in [1.54, 1.807) is 66.2 Å². The van der Waals surface area contributed by atoms with Gasteiger partial charge in [-0.15, -0.1) is 0 Å². The van der Waals surface area contributed by atoms with Crippen LogP contribution in [-0.4, -0.2) is 35.4 Å². The molecule has 1 amide bonds. The number of rotatable bonds is 4. The van der Waals surface area contributed by atoms with Gasteiger partial charge >= 0.3 is 0 Å². The summed E-state index contributed by atoms with van der Waals surface area (Å²) in [5.74, 6) is 0.215. The lowest BCUT2D eigenvalue weighted by atomic mass is 10.2. The SMILES string of the molecule is Cc1cc(NC(=O)c2ccccc2)n(-c2nc3c(cnn3-c3ccc(Cl)cc3)c(=O)[nH]2)n1. The Morgan fingerprint density at radius 2 is 1.81 bits per heavy atom.